The number of hydrogen-bond acceptors (Lipinski definition) is 4. The quantitative estimate of drug-likeness (QED) is 0.193. The third-order valence-corrected chi connectivity index (χ3v) is 7.73. The van der Waals surface area contributed by atoms with Crippen molar-refractivity contribution in [1.29, 1.82) is 0 Å². The van der Waals surface area contributed by atoms with Crippen LogP contribution in [-0.2, 0) is 11.4 Å². The van der Waals surface area contributed by atoms with Crippen LogP contribution in [0, 0.1) is 13.0 Å². The maximum atomic E-state index is 13.2. The number of amidine groups is 1. The van der Waals surface area contributed by atoms with Crippen LogP contribution in [0.3, 0.4) is 0 Å². The van der Waals surface area contributed by atoms with Gasteiger partial charge in [0, 0.05) is 11.6 Å². The first-order valence-corrected chi connectivity index (χ1v) is 13.6. The lowest BCUT2D eigenvalue weighted by Gasteiger charge is -2.12. The molecular formula is C25H18ClFI2N2O2S. The fourth-order valence-corrected chi connectivity index (χ4v) is 6.50. The standard InChI is InChI=1S/C25H18ClFI2N2O2S/c1-2-31-24(32)22(34-25(31)30-19-9-7-18(27)8-10-19)13-16-11-20(28)23(21(29)12-16)33-14-15-3-5-17(26)6-4-15/h3-13H,2,14H2,1H3/b22-13+,30-25?. The Morgan fingerprint density at radius 2 is 1.74 bits per heavy atom. The van der Waals surface area contributed by atoms with Gasteiger partial charge in [-0.1, -0.05) is 23.7 Å². The summed E-state index contributed by atoms with van der Waals surface area (Å²) >= 11 is 11.8. The van der Waals surface area contributed by atoms with Crippen LogP contribution < -0.4 is 4.74 Å². The zero-order chi connectivity index (χ0) is 24.2. The van der Waals surface area contributed by atoms with E-state index in [1.54, 1.807) is 17.0 Å². The monoisotopic (exact) mass is 718 g/mol. The molecule has 0 spiro atoms. The van der Waals surface area contributed by atoms with E-state index in [4.69, 9.17) is 16.3 Å². The number of aliphatic imine (C=N–C) groups is 1. The molecule has 174 valence electrons. The highest BCUT2D eigenvalue weighted by atomic mass is 127. The average Bonchev–Trinajstić information content (AvgIpc) is 3.09. The molecule has 1 aliphatic heterocycles. The summed E-state index contributed by atoms with van der Waals surface area (Å²) in [5.74, 6) is 0.385. The van der Waals surface area contributed by atoms with Crippen molar-refractivity contribution in [3.63, 3.8) is 0 Å². The molecule has 1 aliphatic rings. The Kier molecular flexibility index (Phi) is 8.54. The van der Waals surface area contributed by atoms with Crippen LogP contribution in [-0.4, -0.2) is 22.5 Å². The van der Waals surface area contributed by atoms with E-state index < -0.39 is 0 Å². The number of benzene rings is 3. The molecule has 0 unspecified atom stereocenters. The number of amides is 1. The Hall–Kier alpha value is -1.63. The number of hydrogen-bond donors (Lipinski definition) is 0. The number of thioether (sulfide) groups is 1. The number of ether oxygens (including phenoxy) is 1. The SMILES string of the molecule is CCN1C(=O)/C(=C\c2cc(I)c(OCc3ccc(Cl)cc3)c(I)c2)SC1=Nc1ccc(F)cc1. The van der Waals surface area contributed by atoms with Crippen molar-refractivity contribution in [2.24, 2.45) is 4.99 Å². The van der Waals surface area contributed by atoms with Crippen LogP contribution >= 0.6 is 68.5 Å². The Balaban J connectivity index is 1.55. The molecule has 34 heavy (non-hydrogen) atoms. The predicted molar refractivity (Wildman–Crippen MR) is 154 cm³/mol. The Morgan fingerprint density at radius 1 is 1.09 bits per heavy atom. The third-order valence-electron chi connectivity index (χ3n) is 4.87. The zero-order valence-electron chi connectivity index (χ0n) is 17.9. The molecule has 1 heterocycles. The minimum absolute atomic E-state index is 0.0959. The molecule has 1 fully saturated rings. The van der Waals surface area contributed by atoms with Gasteiger partial charge < -0.3 is 4.74 Å². The minimum atomic E-state index is -0.322. The Labute approximate surface area is 233 Å². The molecule has 1 amide bonds. The topological polar surface area (TPSA) is 41.9 Å². The number of nitrogens with zero attached hydrogens (tertiary/aromatic N) is 2. The van der Waals surface area contributed by atoms with E-state index in [1.165, 1.54) is 23.9 Å². The number of likely N-dealkylation sites (N-methyl/N-ethyl adjacent to an activating group) is 1. The van der Waals surface area contributed by atoms with E-state index in [2.05, 4.69) is 50.2 Å². The molecule has 0 bridgehead atoms. The maximum absolute atomic E-state index is 13.2. The summed E-state index contributed by atoms with van der Waals surface area (Å²) in [6.07, 6.45) is 1.87. The smallest absolute Gasteiger partial charge is 0.266 e. The number of carbonyl (C=O) groups excluding carboxylic acids is 1. The van der Waals surface area contributed by atoms with Gasteiger partial charge in [0.15, 0.2) is 5.17 Å². The molecule has 9 heteroatoms. The van der Waals surface area contributed by atoms with Crippen molar-refractivity contribution in [1.82, 2.24) is 4.90 Å². The summed E-state index contributed by atoms with van der Waals surface area (Å²) in [6.45, 7) is 2.84. The van der Waals surface area contributed by atoms with Gasteiger partial charge in [0.1, 0.15) is 18.2 Å². The fourth-order valence-electron chi connectivity index (χ4n) is 3.18. The first-order valence-electron chi connectivity index (χ1n) is 10.3. The first kappa shape index (κ1) is 25.5. The second kappa shape index (κ2) is 11.4. The van der Waals surface area contributed by atoms with Gasteiger partial charge in [-0.05, 0) is 130 Å². The average molecular weight is 719 g/mol. The molecule has 0 radical (unpaired) electrons. The van der Waals surface area contributed by atoms with Crippen LogP contribution in [0.15, 0.2) is 70.6 Å². The second-order valence-electron chi connectivity index (χ2n) is 7.26. The van der Waals surface area contributed by atoms with Crippen molar-refractivity contribution in [3.05, 3.63) is 94.7 Å². The molecule has 3 aromatic carbocycles. The van der Waals surface area contributed by atoms with Gasteiger partial charge in [0.25, 0.3) is 5.91 Å². The normalized spacial score (nSPS) is 16.0. The highest BCUT2D eigenvalue weighted by Gasteiger charge is 2.32. The van der Waals surface area contributed by atoms with Crippen molar-refractivity contribution < 1.29 is 13.9 Å². The van der Waals surface area contributed by atoms with E-state index in [-0.39, 0.29) is 11.7 Å². The van der Waals surface area contributed by atoms with Crippen molar-refractivity contribution in [2.75, 3.05) is 6.54 Å². The van der Waals surface area contributed by atoms with Crippen LogP contribution in [0.25, 0.3) is 6.08 Å². The first-order chi connectivity index (χ1) is 16.3. The summed E-state index contributed by atoms with van der Waals surface area (Å²) in [4.78, 5) is 19.7. The summed E-state index contributed by atoms with van der Waals surface area (Å²) in [5.41, 5.74) is 2.54. The van der Waals surface area contributed by atoms with E-state index >= 15 is 0 Å². The molecule has 4 rings (SSSR count). The predicted octanol–water partition coefficient (Wildman–Crippen LogP) is 7.89. The lowest BCUT2D eigenvalue weighted by atomic mass is 10.2. The molecule has 1 saturated heterocycles. The minimum Gasteiger partial charge on any atom is -0.487 e. The molecular weight excluding hydrogens is 701 g/mol. The highest BCUT2D eigenvalue weighted by molar-refractivity contribution is 14.1. The summed E-state index contributed by atoms with van der Waals surface area (Å²) < 4.78 is 21.2. The molecule has 0 saturated carbocycles. The van der Waals surface area contributed by atoms with Gasteiger partial charge in [-0.2, -0.15) is 0 Å². The Morgan fingerprint density at radius 3 is 2.35 bits per heavy atom. The van der Waals surface area contributed by atoms with Crippen molar-refractivity contribution in [3.8, 4) is 5.75 Å². The largest absolute Gasteiger partial charge is 0.487 e. The molecule has 0 aliphatic carbocycles. The van der Waals surface area contributed by atoms with Crippen LogP contribution in [0.5, 0.6) is 5.75 Å². The molecule has 3 aromatic rings. The van der Waals surface area contributed by atoms with Crippen LogP contribution in [0.4, 0.5) is 10.1 Å². The van der Waals surface area contributed by atoms with Gasteiger partial charge in [0.05, 0.1) is 17.7 Å². The summed E-state index contributed by atoms with van der Waals surface area (Å²) in [5, 5.41) is 1.27. The van der Waals surface area contributed by atoms with Gasteiger partial charge in [-0.25, -0.2) is 9.38 Å². The van der Waals surface area contributed by atoms with Gasteiger partial charge in [0.2, 0.25) is 0 Å². The molecule has 0 aromatic heterocycles. The van der Waals surface area contributed by atoms with E-state index in [0.717, 1.165) is 24.0 Å². The molecule has 4 nitrogen and oxygen atoms in total. The highest BCUT2D eigenvalue weighted by Crippen LogP contribution is 2.36. The maximum Gasteiger partial charge on any atom is 0.266 e. The van der Waals surface area contributed by atoms with Gasteiger partial charge in [-0.3, -0.25) is 9.69 Å². The van der Waals surface area contributed by atoms with E-state index in [1.807, 2.05) is 49.4 Å². The van der Waals surface area contributed by atoms with E-state index in [0.29, 0.717) is 33.9 Å². The lowest BCUT2D eigenvalue weighted by Crippen LogP contribution is -2.28. The Bertz CT molecular complexity index is 1260. The third kappa shape index (κ3) is 6.13. The summed E-state index contributed by atoms with van der Waals surface area (Å²) in [6, 6.07) is 17.4. The van der Waals surface area contributed by atoms with Crippen molar-refractivity contribution >= 4 is 91.4 Å². The molecule has 0 atom stereocenters. The van der Waals surface area contributed by atoms with Crippen LogP contribution in [0.1, 0.15) is 18.1 Å². The zero-order valence-corrected chi connectivity index (χ0v) is 23.8. The lowest BCUT2D eigenvalue weighted by molar-refractivity contribution is -0.122. The fraction of sp³-hybridized carbons (Fsp3) is 0.120. The van der Waals surface area contributed by atoms with Crippen LogP contribution in [0.2, 0.25) is 5.02 Å². The number of halogens is 4. The van der Waals surface area contributed by atoms with Crippen molar-refractivity contribution in [2.45, 2.75) is 13.5 Å². The van der Waals surface area contributed by atoms with Gasteiger partial charge >= 0.3 is 0 Å². The van der Waals surface area contributed by atoms with E-state index in [9.17, 15) is 9.18 Å². The second-order valence-corrected chi connectivity index (χ2v) is 11.0. The number of rotatable bonds is 6. The summed E-state index contributed by atoms with van der Waals surface area (Å²) in [7, 11) is 0. The van der Waals surface area contributed by atoms with Gasteiger partial charge in [-0.15, -0.1) is 0 Å². The molecule has 0 N–H and O–H groups in total. The number of carbonyl (C=O) groups is 1.